The van der Waals surface area contributed by atoms with Gasteiger partial charge in [-0.3, -0.25) is 9.78 Å². The number of rotatable bonds is 1. The van der Waals surface area contributed by atoms with Crippen molar-refractivity contribution in [3.05, 3.63) is 36.5 Å². The first-order valence-electron chi connectivity index (χ1n) is 5.67. The van der Waals surface area contributed by atoms with Crippen molar-refractivity contribution in [2.24, 2.45) is 5.73 Å². The van der Waals surface area contributed by atoms with Crippen LogP contribution in [-0.2, 0) is 4.79 Å². The first-order chi connectivity index (χ1) is 8.25. The minimum absolute atomic E-state index is 0.0120. The summed E-state index contributed by atoms with van der Waals surface area (Å²) in [5, 5.41) is 1.04. The molecule has 0 radical (unpaired) electrons. The molecular weight excluding hydrogens is 214 g/mol. The van der Waals surface area contributed by atoms with E-state index in [0.29, 0.717) is 13.0 Å². The van der Waals surface area contributed by atoms with E-state index in [1.807, 2.05) is 30.3 Å². The highest BCUT2D eigenvalue weighted by atomic mass is 16.2. The molecule has 1 aromatic heterocycles. The molecule has 1 unspecified atom stereocenters. The maximum absolute atomic E-state index is 11.8. The van der Waals surface area contributed by atoms with Crippen LogP contribution in [0.1, 0.15) is 6.42 Å². The number of hydrogen-bond acceptors (Lipinski definition) is 3. The average Bonchev–Trinajstić information content (AvgIpc) is 2.70. The molecule has 1 fully saturated rings. The number of nitrogens with zero attached hydrogens (tertiary/aromatic N) is 2. The van der Waals surface area contributed by atoms with Crippen molar-refractivity contribution >= 4 is 22.5 Å². The SMILES string of the molecule is NC1CCN(c2cnc3ccccc3c2)C1=O. The van der Waals surface area contributed by atoms with Crippen LogP contribution in [0.4, 0.5) is 5.69 Å². The average molecular weight is 227 g/mol. The fraction of sp³-hybridized carbons (Fsp3) is 0.231. The predicted octanol–water partition coefficient (Wildman–Crippen LogP) is 1.30. The third kappa shape index (κ3) is 1.66. The van der Waals surface area contributed by atoms with E-state index in [4.69, 9.17) is 5.73 Å². The van der Waals surface area contributed by atoms with Gasteiger partial charge in [0, 0.05) is 11.9 Å². The number of hydrogen-bond donors (Lipinski definition) is 1. The molecule has 17 heavy (non-hydrogen) atoms. The maximum Gasteiger partial charge on any atom is 0.244 e. The minimum atomic E-state index is -0.360. The van der Waals surface area contributed by atoms with E-state index in [0.717, 1.165) is 16.6 Å². The number of amides is 1. The number of nitrogens with two attached hydrogens (primary N) is 1. The summed E-state index contributed by atoms with van der Waals surface area (Å²) in [5.74, 6) is -0.0120. The molecule has 1 aromatic carbocycles. The quantitative estimate of drug-likeness (QED) is 0.798. The lowest BCUT2D eigenvalue weighted by molar-refractivity contribution is -0.118. The zero-order valence-electron chi connectivity index (χ0n) is 9.34. The summed E-state index contributed by atoms with van der Waals surface area (Å²) in [5.41, 5.74) is 7.48. The van der Waals surface area contributed by atoms with Crippen LogP contribution in [0.15, 0.2) is 36.5 Å². The van der Waals surface area contributed by atoms with Crippen molar-refractivity contribution in [1.82, 2.24) is 4.98 Å². The topological polar surface area (TPSA) is 59.2 Å². The van der Waals surface area contributed by atoms with Crippen molar-refractivity contribution in [2.75, 3.05) is 11.4 Å². The molecule has 0 bridgehead atoms. The Morgan fingerprint density at radius 2 is 2.18 bits per heavy atom. The van der Waals surface area contributed by atoms with E-state index in [1.54, 1.807) is 11.1 Å². The predicted molar refractivity (Wildman–Crippen MR) is 66.7 cm³/mol. The van der Waals surface area contributed by atoms with E-state index in [9.17, 15) is 4.79 Å². The van der Waals surface area contributed by atoms with E-state index < -0.39 is 0 Å². The van der Waals surface area contributed by atoms with Gasteiger partial charge in [0.2, 0.25) is 5.91 Å². The van der Waals surface area contributed by atoms with Gasteiger partial charge in [-0.1, -0.05) is 18.2 Å². The lowest BCUT2D eigenvalue weighted by Gasteiger charge is -2.16. The lowest BCUT2D eigenvalue weighted by atomic mass is 10.2. The van der Waals surface area contributed by atoms with Crippen molar-refractivity contribution in [2.45, 2.75) is 12.5 Å². The largest absolute Gasteiger partial charge is 0.320 e. The summed E-state index contributed by atoms with van der Waals surface area (Å²) < 4.78 is 0. The maximum atomic E-state index is 11.8. The molecule has 0 saturated carbocycles. The molecule has 4 nitrogen and oxygen atoms in total. The molecule has 3 rings (SSSR count). The highest BCUT2D eigenvalue weighted by Gasteiger charge is 2.29. The number of anilines is 1. The fourth-order valence-electron chi connectivity index (χ4n) is 2.17. The van der Waals surface area contributed by atoms with Crippen molar-refractivity contribution < 1.29 is 4.79 Å². The van der Waals surface area contributed by atoms with Gasteiger partial charge in [-0.05, 0) is 18.6 Å². The molecule has 1 saturated heterocycles. The monoisotopic (exact) mass is 227 g/mol. The van der Waals surface area contributed by atoms with Gasteiger partial charge in [0.05, 0.1) is 23.4 Å². The molecule has 1 aliphatic heterocycles. The molecule has 0 spiro atoms. The molecule has 0 aliphatic carbocycles. The molecule has 1 aliphatic rings. The summed E-state index contributed by atoms with van der Waals surface area (Å²) >= 11 is 0. The molecule has 2 aromatic rings. The van der Waals surface area contributed by atoms with Gasteiger partial charge in [0.1, 0.15) is 0 Å². The summed E-state index contributed by atoms with van der Waals surface area (Å²) in [6.45, 7) is 0.681. The van der Waals surface area contributed by atoms with Crippen LogP contribution < -0.4 is 10.6 Å². The Balaban J connectivity index is 2.04. The fourth-order valence-corrected chi connectivity index (χ4v) is 2.17. The Morgan fingerprint density at radius 1 is 1.35 bits per heavy atom. The second kappa shape index (κ2) is 3.82. The van der Waals surface area contributed by atoms with Gasteiger partial charge in [0.15, 0.2) is 0 Å². The summed E-state index contributed by atoms with van der Waals surface area (Å²) in [7, 11) is 0. The van der Waals surface area contributed by atoms with Crippen LogP contribution in [0.2, 0.25) is 0 Å². The Bertz CT molecular complexity index is 582. The van der Waals surface area contributed by atoms with Gasteiger partial charge in [-0.2, -0.15) is 0 Å². The third-order valence-electron chi connectivity index (χ3n) is 3.13. The molecule has 2 N–H and O–H groups in total. The van der Waals surface area contributed by atoms with Gasteiger partial charge < -0.3 is 10.6 Å². The minimum Gasteiger partial charge on any atom is -0.320 e. The third-order valence-corrected chi connectivity index (χ3v) is 3.13. The molecule has 4 heteroatoms. The molecule has 1 atom stereocenters. The smallest absolute Gasteiger partial charge is 0.244 e. The van der Waals surface area contributed by atoms with Gasteiger partial charge in [0.25, 0.3) is 0 Å². The Labute approximate surface area is 99.0 Å². The second-order valence-electron chi connectivity index (χ2n) is 4.27. The van der Waals surface area contributed by atoms with E-state index in [-0.39, 0.29) is 11.9 Å². The van der Waals surface area contributed by atoms with Crippen molar-refractivity contribution in [3.63, 3.8) is 0 Å². The number of fused-ring (bicyclic) bond motifs is 1. The van der Waals surface area contributed by atoms with Crippen LogP contribution in [-0.4, -0.2) is 23.5 Å². The number of para-hydroxylation sites is 1. The normalized spacial score (nSPS) is 20.2. The second-order valence-corrected chi connectivity index (χ2v) is 4.27. The number of carbonyl (C=O) groups excluding carboxylic acids is 1. The van der Waals surface area contributed by atoms with Crippen LogP contribution in [0, 0.1) is 0 Å². The molecule has 86 valence electrons. The molecule has 1 amide bonds. The van der Waals surface area contributed by atoms with E-state index in [1.165, 1.54) is 0 Å². The first kappa shape index (κ1) is 10.2. The number of carbonyl (C=O) groups is 1. The first-order valence-corrected chi connectivity index (χ1v) is 5.67. The van der Waals surface area contributed by atoms with Gasteiger partial charge in [-0.25, -0.2) is 0 Å². The summed E-state index contributed by atoms with van der Waals surface area (Å²) in [6.07, 6.45) is 2.45. The van der Waals surface area contributed by atoms with Gasteiger partial charge in [-0.15, -0.1) is 0 Å². The Hall–Kier alpha value is -1.94. The zero-order valence-corrected chi connectivity index (χ0v) is 9.34. The Kier molecular flexibility index (Phi) is 2.30. The zero-order chi connectivity index (χ0) is 11.8. The van der Waals surface area contributed by atoms with E-state index in [2.05, 4.69) is 4.98 Å². The standard InChI is InChI=1S/C13H13N3O/c14-11-5-6-16(13(11)17)10-7-9-3-1-2-4-12(9)15-8-10/h1-4,7-8,11H,5-6,14H2. The lowest BCUT2D eigenvalue weighted by Crippen LogP contribution is -2.33. The Morgan fingerprint density at radius 3 is 2.94 bits per heavy atom. The molecule has 2 heterocycles. The number of aromatic nitrogens is 1. The summed E-state index contributed by atoms with van der Waals surface area (Å²) in [4.78, 5) is 17.9. The van der Waals surface area contributed by atoms with Crippen molar-refractivity contribution in [1.29, 1.82) is 0 Å². The van der Waals surface area contributed by atoms with E-state index >= 15 is 0 Å². The van der Waals surface area contributed by atoms with Crippen LogP contribution >= 0.6 is 0 Å². The van der Waals surface area contributed by atoms with Crippen LogP contribution in [0.25, 0.3) is 10.9 Å². The highest BCUT2D eigenvalue weighted by molar-refractivity contribution is 6.00. The van der Waals surface area contributed by atoms with Crippen LogP contribution in [0.5, 0.6) is 0 Å². The van der Waals surface area contributed by atoms with Gasteiger partial charge >= 0.3 is 0 Å². The summed E-state index contributed by atoms with van der Waals surface area (Å²) in [6, 6.07) is 9.49. The van der Waals surface area contributed by atoms with Crippen molar-refractivity contribution in [3.8, 4) is 0 Å². The van der Waals surface area contributed by atoms with Crippen LogP contribution in [0.3, 0.4) is 0 Å². The molecular formula is C13H13N3O. The number of pyridine rings is 1. The highest BCUT2D eigenvalue weighted by Crippen LogP contribution is 2.23. The number of benzene rings is 1.